The number of hydrogen-bond donors (Lipinski definition) is 1. The molecule has 7 heterocycles. The molecule has 15 heteroatoms. The number of methoxy groups -OCH3 is 1. The lowest BCUT2D eigenvalue weighted by molar-refractivity contribution is -0.164. The van der Waals surface area contributed by atoms with Crippen LogP contribution in [0.4, 0.5) is 11.5 Å². The van der Waals surface area contributed by atoms with Gasteiger partial charge >= 0.3 is 0 Å². The zero-order chi connectivity index (χ0) is 51.3. The minimum Gasteiger partial charge on any atom is -0.495 e. The van der Waals surface area contributed by atoms with Gasteiger partial charge in [-0.05, 0) is 85.7 Å². The molecule has 3 aromatic heterocycles. The molecule has 1 aliphatic carbocycles. The number of carbonyl (C=O) groups excluding carboxylic acids is 2. The van der Waals surface area contributed by atoms with Crippen LogP contribution in [0.3, 0.4) is 0 Å². The minimum atomic E-state index is -0.340. The molecule has 4 aliphatic heterocycles. The maximum absolute atomic E-state index is 13.7. The largest absolute Gasteiger partial charge is 0.495 e. The Balaban J connectivity index is 0.670. The fourth-order valence-corrected chi connectivity index (χ4v) is 13.0. The lowest BCUT2D eigenvalue weighted by Gasteiger charge is -2.63. The summed E-state index contributed by atoms with van der Waals surface area (Å²) in [5, 5.41) is 20.2. The molecule has 5 aliphatic rings. The number of pyridine rings is 2. The van der Waals surface area contributed by atoms with Gasteiger partial charge in [-0.2, -0.15) is 10.4 Å². The van der Waals surface area contributed by atoms with Gasteiger partial charge in [0, 0.05) is 159 Å². The van der Waals surface area contributed by atoms with E-state index >= 15 is 0 Å². The van der Waals surface area contributed by atoms with Crippen molar-refractivity contribution in [2.75, 3.05) is 75.9 Å². The summed E-state index contributed by atoms with van der Waals surface area (Å²) in [6.07, 6.45) is 8.64. The number of carbonyl (C=O) groups is 2. The first-order valence-electron chi connectivity index (χ1n) is 26.5. The summed E-state index contributed by atoms with van der Waals surface area (Å²) >= 11 is 0. The van der Waals surface area contributed by atoms with Gasteiger partial charge in [-0.1, -0.05) is 45.9 Å². The number of aromatic nitrogens is 4. The van der Waals surface area contributed by atoms with Crippen molar-refractivity contribution in [1.29, 1.82) is 5.26 Å². The number of fused-ring (bicyclic) bond motifs is 2. The molecule has 384 valence electrons. The number of hydrogen-bond acceptors (Lipinski definition) is 12. The van der Waals surface area contributed by atoms with E-state index in [1.807, 2.05) is 29.4 Å². The van der Waals surface area contributed by atoms with Crippen molar-refractivity contribution in [3.8, 4) is 40.1 Å². The Labute approximate surface area is 434 Å². The molecule has 1 saturated carbocycles. The Bertz CT molecular complexity index is 3070. The lowest BCUT2D eigenvalue weighted by Crippen LogP contribution is -2.74. The highest BCUT2D eigenvalue weighted by atomic mass is 16.5. The highest BCUT2D eigenvalue weighted by Gasteiger charge is 2.64. The average molecular weight is 997 g/mol. The molecule has 0 unspecified atom stereocenters. The predicted molar refractivity (Wildman–Crippen MR) is 286 cm³/mol. The highest BCUT2D eigenvalue weighted by molar-refractivity contribution is 5.98. The molecule has 0 radical (unpaired) electrons. The first-order chi connectivity index (χ1) is 35.8. The Morgan fingerprint density at radius 3 is 2.26 bits per heavy atom. The second-order valence-electron chi connectivity index (χ2n) is 22.1. The SMILES string of the molecule is COc1cc(OC2C(C)(C)C(NC(=O)c3ccc(N4CCN(C5CCN(c6ccc(-c7cc8cccc(-c9nn(C%10CCOCC%10)c%10c9CN(C(C)=O)CC%10)c8cn7)cn6)CC5)CC4)cc3)C2(C)C)ccc1C#N. The lowest BCUT2D eigenvalue weighted by atomic mass is 9.49. The first kappa shape index (κ1) is 49.2. The zero-order valence-electron chi connectivity index (χ0n) is 43.6. The number of ether oxygens (including phenoxy) is 3. The van der Waals surface area contributed by atoms with E-state index in [1.165, 1.54) is 5.69 Å². The number of rotatable bonds is 11. The van der Waals surface area contributed by atoms with Crippen molar-refractivity contribution in [3.63, 3.8) is 0 Å². The molecule has 6 aromatic rings. The van der Waals surface area contributed by atoms with Crippen molar-refractivity contribution < 1.29 is 23.8 Å². The molecule has 74 heavy (non-hydrogen) atoms. The number of piperidine rings is 1. The molecule has 4 fully saturated rings. The monoisotopic (exact) mass is 997 g/mol. The van der Waals surface area contributed by atoms with Gasteiger partial charge in [-0.15, -0.1) is 0 Å². The minimum absolute atomic E-state index is 0.0882. The number of anilines is 2. The molecular weight excluding hydrogens is 929 g/mol. The van der Waals surface area contributed by atoms with E-state index in [1.54, 1.807) is 32.2 Å². The van der Waals surface area contributed by atoms with Crippen molar-refractivity contribution in [2.45, 2.75) is 97.5 Å². The standard InChI is InChI=1S/C59H68N10O5/c1-38(70)68-25-20-51-49(37-68)54(64-69(51)45-21-30-73-31-22-45)47-9-7-8-40-32-50(61-36-48(40)47)42-13-17-53(62-35-42)67-23-18-44(19-24-67)66-28-26-65(27-29-66)43-14-10-39(11-15-43)55(71)63-56-58(2,3)57(59(56,4)5)74-46-16-12-41(34-60)52(33-46)72-6/h7-17,32-33,35-36,44-45,56-57H,18-31,37H2,1-6H3,(H,63,71). The Kier molecular flexibility index (Phi) is 13.3. The number of nitrogens with zero attached hydrogens (tertiary/aromatic N) is 9. The van der Waals surface area contributed by atoms with Crippen LogP contribution in [0.25, 0.3) is 33.3 Å². The number of amides is 2. The maximum Gasteiger partial charge on any atom is 0.251 e. The van der Waals surface area contributed by atoms with E-state index in [9.17, 15) is 14.9 Å². The van der Waals surface area contributed by atoms with E-state index in [0.717, 1.165) is 135 Å². The molecule has 0 atom stereocenters. The molecule has 1 N–H and O–H groups in total. The third-order valence-corrected chi connectivity index (χ3v) is 16.9. The summed E-state index contributed by atoms with van der Waals surface area (Å²) in [4.78, 5) is 45.6. The van der Waals surface area contributed by atoms with Crippen LogP contribution in [0.5, 0.6) is 11.5 Å². The van der Waals surface area contributed by atoms with E-state index in [-0.39, 0.29) is 34.8 Å². The van der Waals surface area contributed by atoms with Gasteiger partial charge in [0.1, 0.15) is 29.5 Å². The molecule has 0 spiro atoms. The molecule has 2 amide bonds. The van der Waals surface area contributed by atoms with E-state index < -0.39 is 0 Å². The third-order valence-electron chi connectivity index (χ3n) is 16.9. The van der Waals surface area contributed by atoms with Crippen molar-refractivity contribution in [2.24, 2.45) is 10.8 Å². The summed E-state index contributed by atoms with van der Waals surface area (Å²) in [7, 11) is 1.55. The van der Waals surface area contributed by atoms with Crippen LogP contribution in [0.1, 0.15) is 93.5 Å². The smallest absolute Gasteiger partial charge is 0.251 e. The van der Waals surface area contributed by atoms with Gasteiger partial charge in [0.15, 0.2) is 0 Å². The Morgan fingerprint density at radius 1 is 0.811 bits per heavy atom. The van der Waals surface area contributed by atoms with Crippen LogP contribution < -0.4 is 24.6 Å². The second kappa shape index (κ2) is 20.0. The quantitative estimate of drug-likeness (QED) is 0.132. The zero-order valence-corrected chi connectivity index (χ0v) is 43.6. The molecule has 11 rings (SSSR count). The van der Waals surface area contributed by atoms with Gasteiger partial charge in [0.2, 0.25) is 5.91 Å². The van der Waals surface area contributed by atoms with Crippen LogP contribution in [0.2, 0.25) is 0 Å². The first-order valence-corrected chi connectivity index (χ1v) is 26.5. The highest BCUT2D eigenvalue weighted by Crippen LogP contribution is 2.56. The predicted octanol–water partition coefficient (Wildman–Crippen LogP) is 8.70. The molecule has 0 bridgehead atoms. The Hall–Kier alpha value is -7.02. The van der Waals surface area contributed by atoms with Gasteiger partial charge < -0.3 is 34.2 Å². The van der Waals surface area contributed by atoms with E-state index in [4.69, 9.17) is 29.3 Å². The molecular formula is C59H68N10O5. The average Bonchev–Trinajstić information content (AvgIpc) is 3.82. The van der Waals surface area contributed by atoms with Gasteiger partial charge in [-0.3, -0.25) is 24.2 Å². The summed E-state index contributed by atoms with van der Waals surface area (Å²) in [5.74, 6) is 2.12. The van der Waals surface area contributed by atoms with Crippen molar-refractivity contribution in [3.05, 3.63) is 114 Å². The summed E-state index contributed by atoms with van der Waals surface area (Å²) in [5.41, 5.74) is 7.81. The normalized spacial score (nSPS) is 21.1. The van der Waals surface area contributed by atoms with E-state index in [0.29, 0.717) is 47.8 Å². The molecule has 3 aromatic carbocycles. The molecule has 15 nitrogen and oxygen atoms in total. The fraction of sp³-hybridized carbons (Fsp3) is 0.458. The topological polar surface area (TPSA) is 154 Å². The number of nitrogens with one attached hydrogen (secondary N) is 1. The van der Waals surface area contributed by atoms with Gasteiger partial charge in [0.25, 0.3) is 5.91 Å². The van der Waals surface area contributed by atoms with Crippen LogP contribution >= 0.6 is 0 Å². The van der Waals surface area contributed by atoms with Gasteiger partial charge in [0.05, 0.1) is 30.1 Å². The third kappa shape index (κ3) is 9.21. The van der Waals surface area contributed by atoms with Crippen molar-refractivity contribution >= 4 is 34.1 Å². The summed E-state index contributed by atoms with van der Waals surface area (Å²) < 4.78 is 19.8. The number of piperazine rings is 1. The Morgan fingerprint density at radius 2 is 1.57 bits per heavy atom. The molecule has 3 saturated heterocycles. The van der Waals surface area contributed by atoms with Gasteiger partial charge in [-0.25, -0.2) is 4.98 Å². The van der Waals surface area contributed by atoms with Crippen LogP contribution in [-0.2, 0) is 22.5 Å². The van der Waals surface area contributed by atoms with Crippen LogP contribution in [0, 0.1) is 22.2 Å². The maximum atomic E-state index is 13.7. The fourth-order valence-electron chi connectivity index (χ4n) is 13.0. The summed E-state index contributed by atoms with van der Waals surface area (Å²) in [6.45, 7) is 18.8. The van der Waals surface area contributed by atoms with E-state index in [2.05, 4.69) is 107 Å². The number of nitriles is 1. The van der Waals surface area contributed by atoms with Crippen LogP contribution in [0.15, 0.2) is 91.3 Å². The summed E-state index contributed by atoms with van der Waals surface area (Å²) in [6, 6.07) is 29.0. The van der Waals surface area contributed by atoms with Crippen LogP contribution in [-0.4, -0.2) is 126 Å². The van der Waals surface area contributed by atoms with Crippen molar-refractivity contribution in [1.82, 2.24) is 34.9 Å². The second-order valence-corrected chi connectivity index (χ2v) is 22.1. The number of benzene rings is 3.